The molecular weight excluding hydrogens is 144 g/mol. The molecule has 1 fully saturated rings. The molecule has 4 heteroatoms. The Hall–Kier alpha value is -0.900. The number of carbonyl (C=O) groups is 1. The van der Waals surface area contributed by atoms with Gasteiger partial charge in [0.25, 0.3) is 0 Å². The Morgan fingerprint density at radius 3 is 2.73 bits per heavy atom. The van der Waals surface area contributed by atoms with Crippen LogP contribution in [0, 0.1) is 0 Å². The predicted octanol–water partition coefficient (Wildman–Crippen LogP) is 0.241. The second-order valence-corrected chi connectivity index (χ2v) is 2.43. The zero-order chi connectivity index (χ0) is 8.10. The van der Waals surface area contributed by atoms with Gasteiger partial charge in [0.15, 0.2) is 0 Å². The Balaban J connectivity index is 2.23. The van der Waals surface area contributed by atoms with Crippen molar-refractivity contribution in [3.63, 3.8) is 0 Å². The lowest BCUT2D eigenvalue weighted by atomic mass is 10.4. The molecule has 1 aliphatic heterocycles. The molecule has 0 amide bonds. The van der Waals surface area contributed by atoms with E-state index in [1.165, 1.54) is 6.21 Å². The summed E-state index contributed by atoms with van der Waals surface area (Å²) in [5.41, 5.74) is 0. The smallest absolute Gasteiger partial charge is 0.363 e. The van der Waals surface area contributed by atoms with Crippen molar-refractivity contribution >= 4 is 12.2 Å². The summed E-state index contributed by atoms with van der Waals surface area (Å²) in [5, 5.41) is 1.67. The maximum absolute atomic E-state index is 10.8. The Morgan fingerprint density at radius 1 is 1.55 bits per heavy atom. The molecule has 1 saturated heterocycles. The molecule has 1 heterocycles. The van der Waals surface area contributed by atoms with Crippen molar-refractivity contribution < 1.29 is 9.63 Å². The number of aliphatic imine (C=N–C) groups is 1. The van der Waals surface area contributed by atoms with Gasteiger partial charge in [-0.3, -0.25) is 4.99 Å². The highest BCUT2D eigenvalue weighted by molar-refractivity contribution is 6.22. The van der Waals surface area contributed by atoms with E-state index in [9.17, 15) is 4.79 Å². The van der Waals surface area contributed by atoms with E-state index in [0.717, 1.165) is 25.9 Å². The molecule has 0 unspecified atom stereocenters. The summed E-state index contributed by atoms with van der Waals surface area (Å²) >= 11 is 0. The second kappa shape index (κ2) is 4.08. The summed E-state index contributed by atoms with van der Waals surface area (Å²) in [6, 6.07) is 0. The molecule has 0 saturated carbocycles. The lowest BCUT2D eigenvalue weighted by molar-refractivity contribution is -0.175. The first-order valence-corrected chi connectivity index (χ1v) is 3.72. The van der Waals surface area contributed by atoms with Crippen molar-refractivity contribution in [3.8, 4) is 0 Å². The number of hydrogen-bond donors (Lipinski definition) is 0. The van der Waals surface area contributed by atoms with E-state index in [-0.39, 0.29) is 5.97 Å². The molecule has 1 rings (SSSR count). The summed E-state index contributed by atoms with van der Waals surface area (Å²) in [5.74, 6) is -0.380. The lowest BCUT2D eigenvalue weighted by Crippen LogP contribution is -2.24. The SMILES string of the molecule is CN=CC(=O)ON1CCCC1. The van der Waals surface area contributed by atoms with Crippen LogP contribution in [-0.4, -0.2) is 37.4 Å². The minimum absolute atomic E-state index is 0.380. The van der Waals surface area contributed by atoms with Gasteiger partial charge in [-0.1, -0.05) is 0 Å². The first kappa shape index (κ1) is 8.20. The number of nitrogens with zero attached hydrogens (tertiary/aromatic N) is 2. The topological polar surface area (TPSA) is 41.9 Å². The van der Waals surface area contributed by atoms with Crippen molar-refractivity contribution in [1.29, 1.82) is 0 Å². The summed E-state index contributed by atoms with van der Waals surface area (Å²) in [7, 11) is 1.55. The third kappa shape index (κ3) is 2.67. The number of hydrogen-bond acceptors (Lipinski definition) is 4. The minimum Gasteiger partial charge on any atom is -0.363 e. The molecule has 0 spiro atoms. The van der Waals surface area contributed by atoms with Crippen LogP contribution in [0.3, 0.4) is 0 Å². The van der Waals surface area contributed by atoms with Crippen molar-refractivity contribution in [2.75, 3.05) is 20.1 Å². The van der Waals surface area contributed by atoms with E-state index < -0.39 is 0 Å². The van der Waals surface area contributed by atoms with Gasteiger partial charge in [-0.05, 0) is 12.8 Å². The quantitative estimate of drug-likeness (QED) is 0.538. The Bertz CT molecular complexity index is 162. The normalized spacial score (nSPS) is 19.4. The summed E-state index contributed by atoms with van der Waals surface area (Å²) in [6.45, 7) is 1.70. The van der Waals surface area contributed by atoms with Gasteiger partial charge in [0.2, 0.25) is 0 Å². The van der Waals surface area contributed by atoms with Gasteiger partial charge < -0.3 is 4.84 Å². The maximum atomic E-state index is 10.8. The third-order valence-corrected chi connectivity index (χ3v) is 1.52. The Morgan fingerprint density at radius 2 is 2.18 bits per heavy atom. The first-order valence-electron chi connectivity index (χ1n) is 3.72. The second-order valence-electron chi connectivity index (χ2n) is 2.43. The van der Waals surface area contributed by atoms with Gasteiger partial charge in [0.05, 0.1) is 0 Å². The summed E-state index contributed by atoms with van der Waals surface area (Å²) in [4.78, 5) is 19.2. The fraction of sp³-hybridized carbons (Fsp3) is 0.714. The van der Waals surface area contributed by atoms with E-state index in [2.05, 4.69) is 4.99 Å². The van der Waals surface area contributed by atoms with Crippen LogP contribution in [0.25, 0.3) is 0 Å². The van der Waals surface area contributed by atoms with E-state index in [4.69, 9.17) is 4.84 Å². The van der Waals surface area contributed by atoms with Gasteiger partial charge in [-0.25, -0.2) is 4.79 Å². The fourth-order valence-corrected chi connectivity index (χ4v) is 1.04. The highest BCUT2D eigenvalue weighted by Crippen LogP contribution is 2.06. The zero-order valence-corrected chi connectivity index (χ0v) is 6.62. The fourth-order valence-electron chi connectivity index (χ4n) is 1.04. The molecular formula is C7H12N2O2. The van der Waals surface area contributed by atoms with Crippen LogP contribution in [0.15, 0.2) is 4.99 Å². The van der Waals surface area contributed by atoms with Crippen molar-refractivity contribution in [3.05, 3.63) is 0 Å². The maximum Gasteiger partial charge on any atom is 0.367 e. The van der Waals surface area contributed by atoms with E-state index in [1.807, 2.05) is 0 Å². The molecule has 0 N–H and O–H groups in total. The number of carbonyl (C=O) groups excluding carboxylic acids is 1. The highest BCUT2D eigenvalue weighted by Gasteiger charge is 2.14. The van der Waals surface area contributed by atoms with Gasteiger partial charge in [-0.15, -0.1) is 5.06 Å². The summed E-state index contributed by atoms with van der Waals surface area (Å²) < 4.78 is 0. The van der Waals surface area contributed by atoms with Crippen LogP contribution < -0.4 is 0 Å². The van der Waals surface area contributed by atoms with Gasteiger partial charge in [-0.2, -0.15) is 0 Å². The molecule has 62 valence electrons. The Labute approximate surface area is 65.8 Å². The van der Waals surface area contributed by atoms with Crippen molar-refractivity contribution in [2.24, 2.45) is 4.99 Å². The van der Waals surface area contributed by atoms with E-state index in [1.54, 1.807) is 12.1 Å². The van der Waals surface area contributed by atoms with Gasteiger partial charge in [0.1, 0.15) is 6.21 Å². The predicted molar refractivity (Wildman–Crippen MR) is 41.3 cm³/mol. The molecule has 0 radical (unpaired) electrons. The van der Waals surface area contributed by atoms with Crippen LogP contribution in [0.5, 0.6) is 0 Å². The van der Waals surface area contributed by atoms with Crippen LogP contribution in [-0.2, 0) is 9.63 Å². The van der Waals surface area contributed by atoms with E-state index in [0.29, 0.717) is 0 Å². The molecule has 1 aliphatic rings. The first-order chi connectivity index (χ1) is 5.33. The Kier molecular flexibility index (Phi) is 3.04. The monoisotopic (exact) mass is 156 g/mol. The molecule has 0 aliphatic carbocycles. The molecule has 11 heavy (non-hydrogen) atoms. The van der Waals surface area contributed by atoms with Crippen LogP contribution in [0.2, 0.25) is 0 Å². The largest absolute Gasteiger partial charge is 0.367 e. The lowest BCUT2D eigenvalue weighted by Gasteiger charge is -2.11. The zero-order valence-electron chi connectivity index (χ0n) is 6.62. The van der Waals surface area contributed by atoms with Crippen LogP contribution in [0.1, 0.15) is 12.8 Å². The number of rotatable bonds is 2. The van der Waals surface area contributed by atoms with Gasteiger partial charge in [0, 0.05) is 20.1 Å². The molecule has 0 aromatic heterocycles. The van der Waals surface area contributed by atoms with Crippen LogP contribution >= 0.6 is 0 Å². The highest BCUT2D eigenvalue weighted by atomic mass is 16.7. The molecule has 0 aromatic carbocycles. The summed E-state index contributed by atoms with van der Waals surface area (Å²) in [6.07, 6.45) is 3.39. The number of hydroxylamine groups is 2. The van der Waals surface area contributed by atoms with Gasteiger partial charge >= 0.3 is 5.97 Å². The molecule has 0 aromatic rings. The minimum atomic E-state index is -0.380. The van der Waals surface area contributed by atoms with E-state index >= 15 is 0 Å². The van der Waals surface area contributed by atoms with Crippen LogP contribution in [0.4, 0.5) is 0 Å². The molecule has 4 nitrogen and oxygen atoms in total. The standard InChI is InChI=1S/C7H12N2O2/c1-8-6-7(10)11-9-4-2-3-5-9/h6H,2-5H2,1H3. The average Bonchev–Trinajstić information content (AvgIpc) is 2.40. The third-order valence-electron chi connectivity index (χ3n) is 1.52. The average molecular weight is 156 g/mol. The molecule has 0 bridgehead atoms. The van der Waals surface area contributed by atoms with Crippen molar-refractivity contribution in [2.45, 2.75) is 12.8 Å². The van der Waals surface area contributed by atoms with Crippen molar-refractivity contribution in [1.82, 2.24) is 5.06 Å². The molecule has 0 atom stereocenters.